The molecule has 21 heavy (non-hydrogen) atoms. The third kappa shape index (κ3) is 4.08. The molecule has 0 radical (unpaired) electrons. The first-order valence-corrected chi connectivity index (χ1v) is 7.66. The fourth-order valence-corrected chi connectivity index (χ4v) is 2.61. The highest BCUT2D eigenvalue weighted by molar-refractivity contribution is 9.10. The number of amides is 2. The van der Waals surface area contributed by atoms with Gasteiger partial charge in [0.1, 0.15) is 0 Å². The molecule has 0 bridgehead atoms. The first-order chi connectivity index (χ1) is 9.97. The number of urea groups is 1. The first kappa shape index (κ1) is 15.6. The molecule has 4 heteroatoms. The van der Waals surface area contributed by atoms with E-state index in [1.807, 2.05) is 31.2 Å². The van der Waals surface area contributed by atoms with E-state index in [1.165, 1.54) is 11.1 Å². The van der Waals surface area contributed by atoms with Gasteiger partial charge in [0.15, 0.2) is 0 Å². The van der Waals surface area contributed by atoms with Crippen LogP contribution in [0.2, 0.25) is 0 Å². The highest BCUT2D eigenvalue weighted by Crippen LogP contribution is 2.22. The number of carbonyl (C=O) groups excluding carboxylic acids is 1. The van der Waals surface area contributed by atoms with Gasteiger partial charge in [0, 0.05) is 4.47 Å². The van der Waals surface area contributed by atoms with Crippen LogP contribution in [0.3, 0.4) is 0 Å². The topological polar surface area (TPSA) is 41.1 Å². The summed E-state index contributed by atoms with van der Waals surface area (Å²) in [4.78, 5) is 12.1. The van der Waals surface area contributed by atoms with Gasteiger partial charge in [-0.2, -0.15) is 0 Å². The number of para-hydroxylation sites is 1. The molecule has 0 unspecified atom stereocenters. The zero-order valence-corrected chi connectivity index (χ0v) is 14.0. The van der Waals surface area contributed by atoms with Crippen LogP contribution in [-0.2, 0) is 0 Å². The Balaban J connectivity index is 2.06. The number of halogens is 1. The van der Waals surface area contributed by atoms with Gasteiger partial charge in [0.05, 0.1) is 11.7 Å². The monoisotopic (exact) mass is 346 g/mol. The number of anilines is 1. The molecule has 0 spiro atoms. The van der Waals surface area contributed by atoms with Crippen LogP contribution in [0.25, 0.3) is 0 Å². The molecule has 2 rings (SSSR count). The maximum Gasteiger partial charge on any atom is 0.319 e. The summed E-state index contributed by atoms with van der Waals surface area (Å²) in [5.41, 5.74) is 4.25. The van der Waals surface area contributed by atoms with Crippen molar-refractivity contribution in [2.75, 3.05) is 5.32 Å². The molecule has 0 aliphatic rings. The molecule has 0 aliphatic heterocycles. The van der Waals surface area contributed by atoms with E-state index in [9.17, 15) is 4.79 Å². The minimum absolute atomic E-state index is 0.0487. The molecule has 0 aromatic heterocycles. The van der Waals surface area contributed by atoms with Gasteiger partial charge < -0.3 is 10.6 Å². The largest absolute Gasteiger partial charge is 0.331 e. The quantitative estimate of drug-likeness (QED) is 0.811. The fraction of sp³-hybridized carbons (Fsp3) is 0.235. The minimum Gasteiger partial charge on any atom is -0.331 e. The lowest BCUT2D eigenvalue weighted by Gasteiger charge is -2.18. The molecule has 2 aromatic rings. The average Bonchev–Trinajstić information content (AvgIpc) is 2.44. The van der Waals surface area contributed by atoms with Crippen LogP contribution in [0.15, 0.2) is 46.9 Å². The highest BCUT2D eigenvalue weighted by atomic mass is 79.9. The lowest BCUT2D eigenvalue weighted by Crippen LogP contribution is -2.31. The number of aryl methyl sites for hydroxylation is 2. The smallest absolute Gasteiger partial charge is 0.319 e. The molecule has 0 heterocycles. The predicted octanol–water partition coefficient (Wildman–Crippen LogP) is 4.95. The summed E-state index contributed by atoms with van der Waals surface area (Å²) in [5.74, 6) is 0. The molecular weight excluding hydrogens is 328 g/mol. The molecule has 2 amide bonds. The zero-order valence-electron chi connectivity index (χ0n) is 12.4. The van der Waals surface area contributed by atoms with E-state index in [-0.39, 0.29) is 12.1 Å². The molecule has 0 saturated carbocycles. The van der Waals surface area contributed by atoms with Gasteiger partial charge in [-0.15, -0.1) is 0 Å². The van der Waals surface area contributed by atoms with Crippen molar-refractivity contribution in [1.29, 1.82) is 0 Å². The lowest BCUT2D eigenvalue weighted by molar-refractivity contribution is 0.249. The maximum absolute atomic E-state index is 12.1. The second-order valence-corrected chi connectivity index (χ2v) is 6.01. The van der Waals surface area contributed by atoms with E-state index >= 15 is 0 Å². The standard InChI is InChI=1S/C17H19BrN2O/c1-11-8-9-12(2)14(10-11)13(3)19-17(21)20-16-7-5-4-6-15(16)18/h4-10,13H,1-3H3,(H2,19,20,21)/t13-/m0/s1. The molecule has 0 aliphatic carbocycles. The Labute approximate surface area is 133 Å². The minimum atomic E-state index is -0.213. The second kappa shape index (κ2) is 6.76. The number of carbonyl (C=O) groups is 1. The van der Waals surface area contributed by atoms with Crippen molar-refractivity contribution >= 4 is 27.6 Å². The van der Waals surface area contributed by atoms with Crippen LogP contribution < -0.4 is 10.6 Å². The molecule has 1 atom stereocenters. The van der Waals surface area contributed by atoms with Crippen molar-refractivity contribution < 1.29 is 4.79 Å². The number of nitrogens with one attached hydrogen (secondary N) is 2. The molecule has 0 fully saturated rings. The summed E-state index contributed by atoms with van der Waals surface area (Å²) in [6.07, 6.45) is 0. The lowest BCUT2D eigenvalue weighted by atomic mass is 10.0. The van der Waals surface area contributed by atoms with Gasteiger partial charge in [-0.1, -0.05) is 35.9 Å². The van der Waals surface area contributed by atoms with Crippen molar-refractivity contribution in [3.63, 3.8) is 0 Å². The third-order valence-electron chi connectivity index (χ3n) is 3.37. The molecule has 0 saturated heterocycles. The Bertz CT molecular complexity index is 655. The van der Waals surface area contributed by atoms with E-state index in [4.69, 9.17) is 0 Å². The Morgan fingerprint density at radius 1 is 1.14 bits per heavy atom. The summed E-state index contributed by atoms with van der Waals surface area (Å²) >= 11 is 3.41. The van der Waals surface area contributed by atoms with E-state index in [2.05, 4.69) is 58.6 Å². The van der Waals surface area contributed by atoms with E-state index in [0.29, 0.717) is 0 Å². The molecule has 2 aromatic carbocycles. The Hall–Kier alpha value is -1.81. The summed E-state index contributed by atoms with van der Waals surface area (Å²) in [6, 6.07) is 13.5. The van der Waals surface area contributed by atoms with Gasteiger partial charge in [0.2, 0.25) is 0 Å². The van der Waals surface area contributed by atoms with Crippen molar-refractivity contribution in [3.8, 4) is 0 Å². The van der Waals surface area contributed by atoms with Crippen molar-refractivity contribution in [2.24, 2.45) is 0 Å². The summed E-state index contributed by atoms with van der Waals surface area (Å²) in [6.45, 7) is 6.09. The Kier molecular flexibility index (Phi) is 5.02. The van der Waals surface area contributed by atoms with Crippen LogP contribution in [0.5, 0.6) is 0 Å². The van der Waals surface area contributed by atoms with Crippen LogP contribution in [0.4, 0.5) is 10.5 Å². The number of rotatable bonds is 3. The number of hydrogen-bond acceptors (Lipinski definition) is 1. The molecule has 110 valence electrons. The third-order valence-corrected chi connectivity index (χ3v) is 4.06. The molecular formula is C17H19BrN2O. The first-order valence-electron chi connectivity index (χ1n) is 6.86. The summed E-state index contributed by atoms with van der Waals surface area (Å²) in [7, 11) is 0. The molecule has 3 nitrogen and oxygen atoms in total. The van der Waals surface area contributed by atoms with Crippen molar-refractivity contribution in [2.45, 2.75) is 26.8 Å². The van der Waals surface area contributed by atoms with Crippen LogP contribution in [-0.4, -0.2) is 6.03 Å². The highest BCUT2D eigenvalue weighted by Gasteiger charge is 2.12. The number of hydrogen-bond donors (Lipinski definition) is 2. The van der Waals surface area contributed by atoms with E-state index in [0.717, 1.165) is 15.7 Å². The zero-order chi connectivity index (χ0) is 15.4. The maximum atomic E-state index is 12.1. The van der Waals surface area contributed by atoms with E-state index < -0.39 is 0 Å². The van der Waals surface area contributed by atoms with Gasteiger partial charge in [-0.25, -0.2) is 4.79 Å². The van der Waals surface area contributed by atoms with Gasteiger partial charge in [-0.05, 0) is 60.0 Å². The fourth-order valence-electron chi connectivity index (χ4n) is 2.22. The van der Waals surface area contributed by atoms with Crippen molar-refractivity contribution in [3.05, 3.63) is 63.6 Å². The van der Waals surface area contributed by atoms with Crippen LogP contribution in [0, 0.1) is 13.8 Å². The average molecular weight is 347 g/mol. The Morgan fingerprint density at radius 3 is 2.57 bits per heavy atom. The second-order valence-electron chi connectivity index (χ2n) is 5.16. The summed E-state index contributed by atoms with van der Waals surface area (Å²) < 4.78 is 0.861. The Morgan fingerprint density at radius 2 is 1.86 bits per heavy atom. The van der Waals surface area contributed by atoms with Crippen LogP contribution in [0.1, 0.15) is 29.7 Å². The predicted molar refractivity (Wildman–Crippen MR) is 90.6 cm³/mol. The van der Waals surface area contributed by atoms with Gasteiger partial charge in [0.25, 0.3) is 0 Å². The number of benzene rings is 2. The normalized spacial score (nSPS) is 11.8. The van der Waals surface area contributed by atoms with E-state index in [1.54, 1.807) is 0 Å². The molecule has 2 N–H and O–H groups in total. The van der Waals surface area contributed by atoms with Gasteiger partial charge in [-0.3, -0.25) is 0 Å². The van der Waals surface area contributed by atoms with Gasteiger partial charge >= 0.3 is 6.03 Å². The SMILES string of the molecule is Cc1ccc(C)c([C@H](C)NC(=O)Nc2ccccc2Br)c1. The van der Waals surface area contributed by atoms with Crippen molar-refractivity contribution in [1.82, 2.24) is 5.32 Å². The van der Waals surface area contributed by atoms with Crippen LogP contribution >= 0.6 is 15.9 Å². The summed E-state index contributed by atoms with van der Waals surface area (Å²) in [5, 5.41) is 5.82.